The molecule has 0 unspecified atom stereocenters. The number of hydrogen-bond donors (Lipinski definition) is 3. The van der Waals surface area contributed by atoms with E-state index in [1.54, 1.807) is 26.8 Å². The second kappa shape index (κ2) is 16.3. The zero-order valence-corrected chi connectivity index (χ0v) is 26.7. The molecule has 3 N–H and O–H groups in total. The van der Waals surface area contributed by atoms with Gasteiger partial charge in [0.15, 0.2) is 12.4 Å². The molecule has 248 valence electrons. The van der Waals surface area contributed by atoms with E-state index in [1.807, 2.05) is 18.2 Å². The number of ketones is 1. The first-order chi connectivity index (χ1) is 21.3. The Kier molecular flexibility index (Phi) is 13.2. The molecule has 2 aromatic rings. The highest BCUT2D eigenvalue weighted by Gasteiger charge is 2.47. The number of carbonyl (C=O) groups is 3. The van der Waals surface area contributed by atoms with Crippen molar-refractivity contribution in [3.63, 3.8) is 0 Å². The number of aliphatic hydroxyl groups is 3. The third kappa shape index (κ3) is 10.4. The van der Waals surface area contributed by atoms with Gasteiger partial charge in [-0.05, 0) is 44.4 Å². The largest absolute Gasteiger partial charge is 0.496 e. The van der Waals surface area contributed by atoms with Gasteiger partial charge in [0.2, 0.25) is 0 Å². The first-order valence-corrected chi connectivity index (χ1v) is 14.8. The second-order valence-electron chi connectivity index (χ2n) is 11.6. The van der Waals surface area contributed by atoms with Crippen LogP contribution >= 0.6 is 11.6 Å². The lowest BCUT2D eigenvalue weighted by molar-refractivity contribution is -0.293. The first kappa shape index (κ1) is 36.2. The molecule has 12 nitrogen and oxygen atoms in total. The molecule has 0 bridgehead atoms. The highest BCUT2D eigenvalue weighted by molar-refractivity contribution is 6.32. The molecule has 0 saturated carbocycles. The van der Waals surface area contributed by atoms with Gasteiger partial charge in [-0.3, -0.25) is 9.59 Å². The van der Waals surface area contributed by atoms with Crippen molar-refractivity contribution < 1.29 is 58.1 Å². The maximum absolute atomic E-state index is 13.1. The highest BCUT2D eigenvalue weighted by atomic mass is 35.5. The van der Waals surface area contributed by atoms with Crippen molar-refractivity contribution in [3.8, 4) is 11.5 Å². The van der Waals surface area contributed by atoms with E-state index in [2.05, 4.69) is 0 Å². The molecule has 1 heterocycles. The molecule has 0 amide bonds. The van der Waals surface area contributed by atoms with Crippen molar-refractivity contribution in [1.29, 1.82) is 0 Å². The van der Waals surface area contributed by atoms with Crippen LogP contribution in [-0.2, 0) is 41.6 Å². The van der Waals surface area contributed by atoms with Gasteiger partial charge >= 0.3 is 11.9 Å². The molecule has 3 rings (SSSR count). The lowest BCUT2D eigenvalue weighted by atomic mass is 9.99. The molecule has 0 radical (unpaired) electrons. The molecule has 45 heavy (non-hydrogen) atoms. The molecule has 2 aromatic carbocycles. The van der Waals surface area contributed by atoms with Gasteiger partial charge in [0.25, 0.3) is 0 Å². The van der Waals surface area contributed by atoms with Gasteiger partial charge in [-0.1, -0.05) is 35.9 Å². The van der Waals surface area contributed by atoms with E-state index in [4.69, 9.17) is 40.0 Å². The van der Waals surface area contributed by atoms with Crippen LogP contribution in [0.15, 0.2) is 36.4 Å². The number of aliphatic hydroxyl groups excluding tert-OH is 3. The Hall–Kier alpha value is -3.26. The Morgan fingerprint density at radius 1 is 0.978 bits per heavy atom. The summed E-state index contributed by atoms with van der Waals surface area (Å²) in [5.74, 6) is -0.986. The second-order valence-corrected chi connectivity index (χ2v) is 12.0. The lowest BCUT2D eigenvalue weighted by Gasteiger charge is -2.40. The van der Waals surface area contributed by atoms with Crippen molar-refractivity contribution >= 4 is 29.3 Å². The Balaban J connectivity index is 1.61. The summed E-state index contributed by atoms with van der Waals surface area (Å²) in [5, 5.41) is 30.1. The monoisotopic (exact) mass is 652 g/mol. The topological polar surface area (TPSA) is 167 Å². The molecular formula is C32H41ClO12. The Morgan fingerprint density at radius 2 is 1.69 bits per heavy atom. The van der Waals surface area contributed by atoms with Crippen LogP contribution < -0.4 is 9.47 Å². The highest BCUT2D eigenvalue weighted by Crippen LogP contribution is 2.35. The van der Waals surface area contributed by atoms with Gasteiger partial charge in [-0.2, -0.15) is 0 Å². The summed E-state index contributed by atoms with van der Waals surface area (Å²) in [6.45, 7) is 4.90. The summed E-state index contributed by atoms with van der Waals surface area (Å²) < 4.78 is 32.5. The third-order valence-electron chi connectivity index (χ3n) is 6.82. The summed E-state index contributed by atoms with van der Waals surface area (Å²) in [4.78, 5) is 37.4. The number of benzene rings is 2. The Labute approximate surface area is 267 Å². The van der Waals surface area contributed by atoms with Crippen LogP contribution in [0.1, 0.15) is 61.5 Å². The Bertz CT molecular complexity index is 1320. The van der Waals surface area contributed by atoms with Gasteiger partial charge in [0, 0.05) is 32.4 Å². The van der Waals surface area contributed by atoms with Crippen LogP contribution in [0.2, 0.25) is 5.02 Å². The molecule has 1 aliphatic rings. The smallest absolute Gasteiger partial charge is 0.342 e. The quantitative estimate of drug-likeness (QED) is 0.256. The maximum Gasteiger partial charge on any atom is 0.342 e. The number of carbonyl (C=O) groups excluding carboxylic acids is 3. The predicted octanol–water partition coefficient (Wildman–Crippen LogP) is 3.16. The van der Waals surface area contributed by atoms with E-state index in [0.29, 0.717) is 6.42 Å². The molecule has 0 spiro atoms. The summed E-state index contributed by atoms with van der Waals surface area (Å²) in [5.41, 5.74) is 0.916. The van der Waals surface area contributed by atoms with Crippen molar-refractivity contribution in [2.24, 2.45) is 0 Å². The van der Waals surface area contributed by atoms with Gasteiger partial charge in [0.05, 0.1) is 18.7 Å². The van der Waals surface area contributed by atoms with Crippen molar-refractivity contribution in [3.05, 3.63) is 58.1 Å². The van der Waals surface area contributed by atoms with Crippen LogP contribution in [0.4, 0.5) is 0 Å². The minimum atomic E-state index is -1.60. The molecule has 0 aliphatic carbocycles. The average Bonchev–Trinajstić information content (AvgIpc) is 2.98. The minimum Gasteiger partial charge on any atom is -0.496 e. The van der Waals surface area contributed by atoms with Gasteiger partial charge in [-0.15, -0.1) is 0 Å². The van der Waals surface area contributed by atoms with E-state index in [9.17, 15) is 29.7 Å². The number of hydrogen-bond acceptors (Lipinski definition) is 12. The average molecular weight is 653 g/mol. The van der Waals surface area contributed by atoms with Crippen molar-refractivity contribution in [2.45, 2.75) is 89.4 Å². The third-order valence-corrected chi connectivity index (χ3v) is 7.11. The first-order valence-electron chi connectivity index (χ1n) is 14.4. The van der Waals surface area contributed by atoms with Crippen LogP contribution in [0.5, 0.6) is 11.5 Å². The fourth-order valence-electron chi connectivity index (χ4n) is 4.66. The zero-order valence-electron chi connectivity index (χ0n) is 26.0. The molecule has 5 atom stereocenters. The van der Waals surface area contributed by atoms with Crippen LogP contribution in [0, 0.1) is 0 Å². The number of rotatable bonds is 14. The van der Waals surface area contributed by atoms with E-state index in [-0.39, 0.29) is 59.7 Å². The standard InChI is InChI=1S/C32H41ClO12/c1-32(2,3)45-26(36)11-7-10-20(35)13-18-8-6-9-19(12-18)17-42-24-15-23(40-4)21(14-22(24)33)30(39)44-29-28(38)27(37)25(16-34)43-31(29)41-5/h6,8-9,12,14-15,25,27-29,31,34,37-38H,7,10-11,13,16-17H2,1-5H3/t25-,27-,28+,29-,31+/m1/s1. The van der Waals surface area contributed by atoms with E-state index >= 15 is 0 Å². The van der Waals surface area contributed by atoms with Crippen LogP contribution in [-0.4, -0.2) is 90.2 Å². The van der Waals surface area contributed by atoms with Gasteiger partial charge < -0.3 is 43.7 Å². The SMILES string of the molecule is COc1cc(OCc2cccc(CC(=O)CCCC(=O)OC(C)(C)C)c2)c(Cl)cc1C(=O)O[C@H]1[C@@H](OC)O[C@H](CO)[C@@H](O)[C@@H]1O. The lowest BCUT2D eigenvalue weighted by Crippen LogP contribution is -2.60. The van der Waals surface area contributed by atoms with E-state index < -0.39 is 48.9 Å². The number of esters is 2. The molecule has 13 heteroatoms. The van der Waals surface area contributed by atoms with E-state index in [1.165, 1.54) is 26.4 Å². The van der Waals surface area contributed by atoms with Gasteiger partial charge in [-0.25, -0.2) is 4.79 Å². The van der Waals surface area contributed by atoms with Crippen molar-refractivity contribution in [1.82, 2.24) is 0 Å². The molecule has 1 aliphatic heterocycles. The number of ether oxygens (including phenoxy) is 6. The summed E-state index contributed by atoms with van der Waals surface area (Å²) >= 11 is 6.43. The maximum atomic E-state index is 13.1. The predicted molar refractivity (Wildman–Crippen MR) is 161 cm³/mol. The van der Waals surface area contributed by atoms with Crippen LogP contribution in [0.25, 0.3) is 0 Å². The minimum absolute atomic E-state index is 0.00117. The van der Waals surface area contributed by atoms with E-state index in [0.717, 1.165) is 11.1 Å². The summed E-state index contributed by atoms with van der Waals surface area (Å²) in [7, 11) is 2.60. The zero-order chi connectivity index (χ0) is 33.3. The molecule has 1 fully saturated rings. The summed E-state index contributed by atoms with van der Waals surface area (Å²) in [6.07, 6.45) is -5.87. The number of halogens is 1. The van der Waals surface area contributed by atoms with Gasteiger partial charge in [0.1, 0.15) is 53.4 Å². The normalized spacial score (nSPS) is 21.6. The fraction of sp³-hybridized carbons (Fsp3) is 0.531. The number of Topliss-reactive ketones (excluding diaryl/α,β-unsaturated/α-hetero) is 1. The Morgan fingerprint density at radius 3 is 2.33 bits per heavy atom. The summed E-state index contributed by atoms with van der Waals surface area (Å²) in [6, 6.07) is 10.00. The fourth-order valence-corrected chi connectivity index (χ4v) is 4.88. The van der Waals surface area contributed by atoms with Crippen LogP contribution in [0.3, 0.4) is 0 Å². The molecule has 1 saturated heterocycles. The van der Waals surface area contributed by atoms with Crippen molar-refractivity contribution in [2.75, 3.05) is 20.8 Å². The molecular weight excluding hydrogens is 612 g/mol. The number of methoxy groups -OCH3 is 2. The molecule has 0 aromatic heterocycles.